The lowest BCUT2D eigenvalue weighted by molar-refractivity contribution is -0.116. The van der Waals surface area contributed by atoms with Gasteiger partial charge < -0.3 is 16.4 Å². The molecule has 6 nitrogen and oxygen atoms in total. The molecule has 4 aromatic rings. The number of benzene rings is 3. The third-order valence-electron chi connectivity index (χ3n) is 4.86. The number of para-hydroxylation sites is 1. The number of nitrogens with zero attached hydrogens (tertiary/aromatic N) is 1. The van der Waals surface area contributed by atoms with Gasteiger partial charge in [0.15, 0.2) is 0 Å². The van der Waals surface area contributed by atoms with E-state index in [1.807, 2.05) is 42.5 Å². The minimum Gasteiger partial charge on any atom is -0.374 e. The Morgan fingerprint density at radius 1 is 0.968 bits per heavy atom. The lowest BCUT2D eigenvalue weighted by Gasteiger charge is -2.15. The molecule has 0 fully saturated rings. The Hall–Kier alpha value is -3.71. The van der Waals surface area contributed by atoms with Gasteiger partial charge in [-0.25, -0.2) is 4.98 Å². The first-order valence-electron chi connectivity index (χ1n) is 9.88. The molecule has 156 valence electrons. The van der Waals surface area contributed by atoms with Gasteiger partial charge in [-0.1, -0.05) is 24.3 Å². The van der Waals surface area contributed by atoms with Gasteiger partial charge in [0.25, 0.3) is 0 Å². The highest BCUT2D eigenvalue weighted by Crippen LogP contribution is 2.24. The highest BCUT2D eigenvalue weighted by atomic mass is 32.1. The van der Waals surface area contributed by atoms with Crippen LogP contribution in [-0.4, -0.2) is 22.8 Å². The van der Waals surface area contributed by atoms with Gasteiger partial charge in [-0.3, -0.25) is 9.59 Å². The van der Waals surface area contributed by atoms with E-state index in [4.69, 9.17) is 5.73 Å². The maximum absolute atomic E-state index is 12.5. The quantitative estimate of drug-likeness (QED) is 0.404. The number of primary amides is 1. The van der Waals surface area contributed by atoms with Crippen molar-refractivity contribution in [3.8, 4) is 0 Å². The number of thiazole rings is 1. The number of amides is 2. The van der Waals surface area contributed by atoms with Crippen molar-refractivity contribution in [1.29, 1.82) is 0 Å². The average Bonchev–Trinajstić information content (AvgIpc) is 3.17. The van der Waals surface area contributed by atoms with Crippen molar-refractivity contribution in [3.05, 3.63) is 88.9 Å². The summed E-state index contributed by atoms with van der Waals surface area (Å²) in [5.74, 6) is -0.637. The maximum atomic E-state index is 12.5. The summed E-state index contributed by atoms with van der Waals surface area (Å²) in [4.78, 5) is 28.3. The normalized spacial score (nSPS) is 11.8. The first-order chi connectivity index (χ1) is 15.0. The van der Waals surface area contributed by atoms with Crippen LogP contribution >= 0.6 is 11.3 Å². The van der Waals surface area contributed by atoms with Crippen molar-refractivity contribution in [1.82, 2.24) is 4.98 Å². The summed E-state index contributed by atoms with van der Waals surface area (Å²) in [6.45, 7) is 1.78. The number of rotatable bonds is 7. The number of aromatic nitrogens is 1. The fourth-order valence-corrected chi connectivity index (χ4v) is 4.17. The number of nitrogens with two attached hydrogens (primary N) is 1. The number of carbonyl (C=O) groups is 2. The van der Waals surface area contributed by atoms with Gasteiger partial charge in [0, 0.05) is 23.4 Å². The summed E-state index contributed by atoms with van der Waals surface area (Å²) < 4.78 is 1.19. The molecule has 0 aliphatic rings. The lowest BCUT2D eigenvalue weighted by atomic mass is 10.1. The number of hydrogen-bond donors (Lipinski definition) is 3. The SMILES string of the molecule is CC(Nc1ccc(C(N)=O)cc1)C(=O)Nc1ccc(Cc2nc3ccccc3s2)cc1. The van der Waals surface area contributed by atoms with Gasteiger partial charge in [-0.05, 0) is 61.0 Å². The summed E-state index contributed by atoms with van der Waals surface area (Å²) >= 11 is 1.70. The zero-order valence-corrected chi connectivity index (χ0v) is 17.8. The Bertz CT molecular complexity index is 1180. The zero-order valence-electron chi connectivity index (χ0n) is 17.0. The van der Waals surface area contributed by atoms with Gasteiger partial charge in [0.1, 0.15) is 6.04 Å². The van der Waals surface area contributed by atoms with Crippen LogP contribution in [0.4, 0.5) is 11.4 Å². The Kier molecular flexibility index (Phi) is 5.95. The molecular weight excluding hydrogens is 408 g/mol. The molecule has 4 N–H and O–H groups in total. The topological polar surface area (TPSA) is 97.1 Å². The van der Waals surface area contributed by atoms with Crippen molar-refractivity contribution in [2.24, 2.45) is 5.73 Å². The van der Waals surface area contributed by atoms with Crippen LogP contribution in [0.5, 0.6) is 0 Å². The number of anilines is 2. The van der Waals surface area contributed by atoms with E-state index in [9.17, 15) is 9.59 Å². The van der Waals surface area contributed by atoms with Crippen LogP contribution in [0.3, 0.4) is 0 Å². The molecule has 0 saturated carbocycles. The summed E-state index contributed by atoms with van der Waals surface area (Å²) in [7, 11) is 0. The zero-order chi connectivity index (χ0) is 21.8. The molecule has 1 unspecified atom stereocenters. The summed E-state index contributed by atoms with van der Waals surface area (Å²) in [5.41, 5.74) is 9.30. The minimum absolute atomic E-state index is 0.155. The number of hydrogen-bond acceptors (Lipinski definition) is 5. The van der Waals surface area contributed by atoms with Crippen LogP contribution in [-0.2, 0) is 11.2 Å². The van der Waals surface area contributed by atoms with Crippen LogP contribution in [0.15, 0.2) is 72.8 Å². The van der Waals surface area contributed by atoms with Gasteiger partial charge in [0.2, 0.25) is 11.8 Å². The van der Waals surface area contributed by atoms with Gasteiger partial charge in [-0.2, -0.15) is 0 Å². The molecule has 2 amide bonds. The van der Waals surface area contributed by atoms with Gasteiger partial charge in [-0.15, -0.1) is 11.3 Å². The molecule has 0 spiro atoms. The van der Waals surface area contributed by atoms with Crippen molar-refractivity contribution >= 4 is 44.7 Å². The van der Waals surface area contributed by atoms with E-state index in [0.29, 0.717) is 5.56 Å². The second-order valence-corrected chi connectivity index (χ2v) is 8.36. The summed E-state index contributed by atoms with van der Waals surface area (Å²) in [6, 6.07) is 22.2. The number of carbonyl (C=O) groups excluding carboxylic acids is 2. The fourth-order valence-electron chi connectivity index (χ4n) is 3.17. The van der Waals surface area contributed by atoms with E-state index >= 15 is 0 Å². The predicted octanol–water partition coefficient (Wildman–Crippen LogP) is 4.43. The molecule has 31 heavy (non-hydrogen) atoms. The molecule has 7 heteroatoms. The van der Waals surface area contributed by atoms with Crippen LogP contribution in [0.25, 0.3) is 10.2 Å². The Balaban J connectivity index is 1.34. The van der Waals surface area contributed by atoms with Gasteiger partial charge >= 0.3 is 0 Å². The molecule has 1 atom stereocenters. The van der Waals surface area contributed by atoms with E-state index < -0.39 is 11.9 Å². The Labute approximate surface area is 184 Å². The van der Waals surface area contributed by atoms with Crippen molar-refractivity contribution in [2.45, 2.75) is 19.4 Å². The number of fused-ring (bicyclic) bond motifs is 1. The van der Waals surface area contributed by atoms with E-state index in [1.54, 1.807) is 42.5 Å². The maximum Gasteiger partial charge on any atom is 0.248 e. The lowest BCUT2D eigenvalue weighted by Crippen LogP contribution is -2.31. The second kappa shape index (κ2) is 8.97. The fraction of sp³-hybridized carbons (Fsp3) is 0.125. The second-order valence-electron chi connectivity index (χ2n) is 7.25. The molecular formula is C24H22N4O2S. The van der Waals surface area contributed by atoms with Crippen LogP contribution in [0.2, 0.25) is 0 Å². The third-order valence-corrected chi connectivity index (χ3v) is 5.90. The van der Waals surface area contributed by atoms with Crippen LogP contribution in [0.1, 0.15) is 27.9 Å². The highest BCUT2D eigenvalue weighted by Gasteiger charge is 2.13. The number of nitrogens with one attached hydrogen (secondary N) is 2. The monoisotopic (exact) mass is 430 g/mol. The van der Waals surface area contributed by atoms with E-state index in [2.05, 4.69) is 21.7 Å². The highest BCUT2D eigenvalue weighted by molar-refractivity contribution is 7.18. The standard InChI is InChI=1S/C24H22N4O2S/c1-15(26-18-12-8-17(9-13-18)23(25)29)24(30)27-19-10-6-16(7-11-19)14-22-28-20-4-2-3-5-21(20)31-22/h2-13,15,26H,14H2,1H3,(H2,25,29)(H,27,30). The molecule has 0 bridgehead atoms. The average molecular weight is 431 g/mol. The molecule has 0 aliphatic heterocycles. The molecule has 0 aliphatic carbocycles. The molecule has 0 saturated heterocycles. The largest absolute Gasteiger partial charge is 0.374 e. The van der Waals surface area contributed by atoms with Crippen molar-refractivity contribution < 1.29 is 9.59 Å². The molecule has 1 heterocycles. The molecule has 4 rings (SSSR count). The van der Waals surface area contributed by atoms with Crippen molar-refractivity contribution in [2.75, 3.05) is 10.6 Å². The van der Waals surface area contributed by atoms with Gasteiger partial charge in [0.05, 0.1) is 15.2 Å². The summed E-state index contributed by atoms with van der Waals surface area (Å²) in [5, 5.41) is 7.10. The first-order valence-corrected chi connectivity index (χ1v) is 10.7. The van der Waals surface area contributed by atoms with E-state index in [1.165, 1.54) is 4.70 Å². The van der Waals surface area contributed by atoms with E-state index in [-0.39, 0.29) is 5.91 Å². The van der Waals surface area contributed by atoms with Crippen molar-refractivity contribution in [3.63, 3.8) is 0 Å². The Morgan fingerprint density at radius 3 is 2.32 bits per heavy atom. The Morgan fingerprint density at radius 2 is 1.65 bits per heavy atom. The third kappa shape index (κ3) is 5.07. The smallest absolute Gasteiger partial charge is 0.248 e. The molecule has 1 aromatic heterocycles. The van der Waals surface area contributed by atoms with Crippen LogP contribution in [0, 0.1) is 0 Å². The van der Waals surface area contributed by atoms with E-state index in [0.717, 1.165) is 33.9 Å². The first kappa shape index (κ1) is 20.6. The minimum atomic E-state index is -0.482. The molecule has 0 radical (unpaired) electrons. The van der Waals surface area contributed by atoms with Crippen LogP contribution < -0.4 is 16.4 Å². The molecule has 3 aromatic carbocycles. The summed E-state index contributed by atoms with van der Waals surface area (Å²) in [6.07, 6.45) is 0.757. The predicted molar refractivity (Wildman–Crippen MR) is 126 cm³/mol.